The molecule has 1 N–H and O–H groups in total. The molecule has 0 aliphatic heterocycles. The maximum absolute atomic E-state index is 13.0. The fraction of sp³-hybridized carbons (Fsp3) is 0.143. The lowest BCUT2D eigenvalue weighted by atomic mass is 10.2. The van der Waals surface area contributed by atoms with Gasteiger partial charge in [-0.15, -0.1) is 13.2 Å². The van der Waals surface area contributed by atoms with Crippen molar-refractivity contribution in [3.05, 3.63) is 58.3 Å². The van der Waals surface area contributed by atoms with Crippen LogP contribution in [0.5, 0.6) is 5.75 Å². The van der Waals surface area contributed by atoms with Crippen molar-refractivity contribution >= 4 is 21.6 Å². The highest BCUT2D eigenvalue weighted by Crippen LogP contribution is 2.31. The van der Waals surface area contributed by atoms with E-state index in [2.05, 4.69) is 26.0 Å². The van der Waals surface area contributed by atoms with Crippen LogP contribution in [0.15, 0.2) is 46.9 Å². The van der Waals surface area contributed by atoms with Gasteiger partial charge in [-0.25, -0.2) is 4.39 Å². The Morgan fingerprint density at radius 1 is 1.10 bits per heavy atom. The summed E-state index contributed by atoms with van der Waals surface area (Å²) in [6.45, 7) is 0.342. The Labute approximate surface area is 126 Å². The van der Waals surface area contributed by atoms with E-state index in [1.54, 1.807) is 12.1 Å². The first kappa shape index (κ1) is 15.6. The van der Waals surface area contributed by atoms with E-state index < -0.39 is 6.36 Å². The average molecular weight is 364 g/mol. The number of halogens is 5. The standard InChI is InChI=1S/C14H10BrF4NO/c15-12-6-9(4-5-13(12)21-14(17,18)19)8-20-11-3-1-2-10(16)7-11/h1-7,20H,8H2. The number of alkyl halides is 3. The monoisotopic (exact) mass is 363 g/mol. The second-order valence-corrected chi connectivity index (χ2v) is 5.03. The summed E-state index contributed by atoms with van der Waals surface area (Å²) >= 11 is 3.02. The second-order valence-electron chi connectivity index (χ2n) is 4.18. The minimum Gasteiger partial charge on any atom is -0.405 e. The van der Waals surface area contributed by atoms with Gasteiger partial charge >= 0.3 is 6.36 Å². The van der Waals surface area contributed by atoms with Gasteiger partial charge in [-0.05, 0) is 51.8 Å². The molecule has 112 valence electrons. The number of ether oxygens (including phenoxy) is 1. The van der Waals surface area contributed by atoms with Crippen LogP contribution in [0.1, 0.15) is 5.56 Å². The predicted molar refractivity (Wildman–Crippen MR) is 74.6 cm³/mol. The number of hydrogen-bond acceptors (Lipinski definition) is 2. The van der Waals surface area contributed by atoms with Crippen LogP contribution in [-0.4, -0.2) is 6.36 Å². The molecule has 0 aliphatic carbocycles. The van der Waals surface area contributed by atoms with Crippen molar-refractivity contribution < 1.29 is 22.3 Å². The molecule has 2 aromatic rings. The van der Waals surface area contributed by atoms with Crippen LogP contribution in [-0.2, 0) is 6.54 Å². The molecular formula is C14H10BrF4NO. The molecule has 0 saturated carbocycles. The van der Waals surface area contributed by atoms with E-state index in [1.165, 1.54) is 30.3 Å². The van der Waals surface area contributed by atoms with Gasteiger partial charge in [0, 0.05) is 12.2 Å². The molecule has 0 aliphatic rings. The molecule has 0 atom stereocenters. The highest BCUT2D eigenvalue weighted by Gasteiger charge is 2.31. The van der Waals surface area contributed by atoms with E-state index in [0.717, 1.165) is 5.56 Å². The van der Waals surface area contributed by atoms with Crippen LogP contribution in [0.2, 0.25) is 0 Å². The van der Waals surface area contributed by atoms with Gasteiger partial charge < -0.3 is 10.1 Å². The summed E-state index contributed by atoms with van der Waals surface area (Å²) < 4.78 is 53.5. The van der Waals surface area contributed by atoms with Gasteiger partial charge in [-0.1, -0.05) is 12.1 Å². The van der Waals surface area contributed by atoms with Gasteiger partial charge in [0.1, 0.15) is 11.6 Å². The maximum Gasteiger partial charge on any atom is 0.573 e. The fourth-order valence-corrected chi connectivity index (χ4v) is 2.17. The summed E-state index contributed by atoms with van der Waals surface area (Å²) in [6, 6.07) is 10.1. The molecule has 7 heteroatoms. The van der Waals surface area contributed by atoms with E-state index in [9.17, 15) is 17.6 Å². The van der Waals surface area contributed by atoms with E-state index >= 15 is 0 Å². The Hall–Kier alpha value is -1.76. The number of rotatable bonds is 4. The van der Waals surface area contributed by atoms with Crippen LogP contribution in [0.4, 0.5) is 23.2 Å². The van der Waals surface area contributed by atoms with Gasteiger partial charge in [0.15, 0.2) is 0 Å². The van der Waals surface area contributed by atoms with Gasteiger partial charge in [0.25, 0.3) is 0 Å². The summed E-state index contributed by atoms with van der Waals surface area (Å²) in [4.78, 5) is 0. The molecule has 2 aromatic carbocycles. The SMILES string of the molecule is Fc1cccc(NCc2ccc(OC(F)(F)F)c(Br)c2)c1. The van der Waals surface area contributed by atoms with Crippen LogP contribution < -0.4 is 10.1 Å². The van der Waals surface area contributed by atoms with Crippen LogP contribution >= 0.6 is 15.9 Å². The molecule has 0 aromatic heterocycles. The minimum absolute atomic E-state index is 0.193. The number of anilines is 1. The minimum atomic E-state index is -4.73. The maximum atomic E-state index is 13.0. The van der Waals surface area contributed by atoms with Crippen molar-refractivity contribution in [2.24, 2.45) is 0 Å². The van der Waals surface area contributed by atoms with Crippen molar-refractivity contribution in [3.63, 3.8) is 0 Å². The van der Waals surface area contributed by atoms with Crippen LogP contribution in [0, 0.1) is 5.82 Å². The number of benzene rings is 2. The molecule has 0 spiro atoms. The van der Waals surface area contributed by atoms with Gasteiger partial charge in [-0.2, -0.15) is 0 Å². The molecular weight excluding hydrogens is 354 g/mol. The summed E-state index contributed by atoms with van der Waals surface area (Å²) in [6.07, 6.45) is -4.73. The first-order chi connectivity index (χ1) is 9.83. The van der Waals surface area contributed by atoms with E-state index in [4.69, 9.17) is 0 Å². The average Bonchev–Trinajstić information content (AvgIpc) is 2.38. The summed E-state index contributed by atoms with van der Waals surface area (Å²) in [7, 11) is 0. The Kier molecular flexibility index (Phi) is 4.72. The third-order valence-corrected chi connectivity index (χ3v) is 3.16. The first-order valence-electron chi connectivity index (χ1n) is 5.87. The van der Waals surface area contributed by atoms with Crippen molar-refractivity contribution in [3.8, 4) is 5.75 Å². The highest BCUT2D eigenvalue weighted by atomic mass is 79.9. The van der Waals surface area contributed by atoms with E-state index in [0.29, 0.717) is 12.2 Å². The van der Waals surface area contributed by atoms with Crippen molar-refractivity contribution in [1.82, 2.24) is 0 Å². The molecule has 21 heavy (non-hydrogen) atoms. The molecule has 0 amide bonds. The van der Waals surface area contributed by atoms with Crippen molar-refractivity contribution in [2.45, 2.75) is 12.9 Å². The Morgan fingerprint density at radius 2 is 1.86 bits per heavy atom. The van der Waals surface area contributed by atoms with Crippen LogP contribution in [0.25, 0.3) is 0 Å². The van der Waals surface area contributed by atoms with Crippen molar-refractivity contribution in [2.75, 3.05) is 5.32 Å². The summed E-state index contributed by atoms with van der Waals surface area (Å²) in [5.74, 6) is -0.674. The molecule has 0 heterocycles. The zero-order valence-corrected chi connectivity index (χ0v) is 12.1. The highest BCUT2D eigenvalue weighted by molar-refractivity contribution is 9.10. The quantitative estimate of drug-likeness (QED) is 0.763. The zero-order valence-electron chi connectivity index (χ0n) is 10.5. The van der Waals surface area contributed by atoms with Gasteiger partial charge in [0.05, 0.1) is 4.47 Å². The Morgan fingerprint density at radius 3 is 2.48 bits per heavy atom. The fourth-order valence-electron chi connectivity index (χ4n) is 1.66. The molecule has 0 unspecified atom stereocenters. The Balaban J connectivity index is 2.03. The normalized spacial score (nSPS) is 11.3. The Bertz CT molecular complexity index is 631. The predicted octanol–water partition coefficient (Wildman–Crippen LogP) is 5.10. The number of nitrogens with one attached hydrogen (secondary N) is 1. The molecule has 0 radical (unpaired) electrons. The smallest absolute Gasteiger partial charge is 0.405 e. The zero-order chi connectivity index (χ0) is 15.5. The molecule has 0 saturated heterocycles. The molecule has 2 nitrogen and oxygen atoms in total. The molecule has 0 fully saturated rings. The van der Waals surface area contributed by atoms with Crippen molar-refractivity contribution in [1.29, 1.82) is 0 Å². The lowest BCUT2D eigenvalue weighted by Gasteiger charge is -2.12. The topological polar surface area (TPSA) is 21.3 Å². The van der Waals surface area contributed by atoms with E-state index in [1.807, 2.05) is 0 Å². The van der Waals surface area contributed by atoms with Gasteiger partial charge in [0.2, 0.25) is 0 Å². The first-order valence-corrected chi connectivity index (χ1v) is 6.66. The molecule has 0 bridgehead atoms. The summed E-state index contributed by atoms with van der Waals surface area (Å²) in [5.41, 5.74) is 1.31. The van der Waals surface area contributed by atoms with Crippen LogP contribution in [0.3, 0.4) is 0 Å². The summed E-state index contributed by atoms with van der Waals surface area (Å²) in [5, 5.41) is 2.97. The largest absolute Gasteiger partial charge is 0.573 e. The van der Waals surface area contributed by atoms with Gasteiger partial charge in [-0.3, -0.25) is 0 Å². The van der Waals surface area contributed by atoms with E-state index in [-0.39, 0.29) is 16.0 Å². The second kappa shape index (κ2) is 6.34. The third kappa shape index (κ3) is 4.93. The lowest BCUT2D eigenvalue weighted by molar-refractivity contribution is -0.274. The molecule has 2 rings (SSSR count). The lowest BCUT2D eigenvalue weighted by Crippen LogP contribution is -2.17. The third-order valence-electron chi connectivity index (χ3n) is 2.54. The number of hydrogen-bond donors (Lipinski definition) is 1.